The largest absolute Gasteiger partial charge is 0.481 e. The maximum absolute atomic E-state index is 12.0. The van der Waals surface area contributed by atoms with Gasteiger partial charge >= 0.3 is 5.97 Å². The summed E-state index contributed by atoms with van der Waals surface area (Å²) in [5.41, 5.74) is 1.42. The van der Waals surface area contributed by atoms with Crippen molar-refractivity contribution in [3.63, 3.8) is 0 Å². The zero-order valence-corrected chi connectivity index (χ0v) is 16.7. The Labute approximate surface area is 155 Å². The lowest BCUT2D eigenvalue weighted by atomic mass is 9.50. The molecule has 2 aliphatic carbocycles. The summed E-state index contributed by atoms with van der Waals surface area (Å²) in [5, 5.41) is 9.86. The van der Waals surface area contributed by atoms with Gasteiger partial charge in [-0.2, -0.15) is 8.42 Å². The van der Waals surface area contributed by atoms with Gasteiger partial charge in [-0.1, -0.05) is 33.3 Å². The van der Waals surface area contributed by atoms with Crippen molar-refractivity contribution in [2.45, 2.75) is 76.0 Å². The standard InChI is InChI=1S/C20H28O5S/c1-12(2)14-10-13-6-7-17-19(3,8-5-9-20(17,4)18(21)22)15(13)11-16(14)26(23,24)25/h10-12,17H,5-9H2,1-4H3,(H,21,22)(H,23,24,25)/t17-,19+,20+/m0/s1. The molecule has 5 nitrogen and oxygen atoms in total. The van der Waals surface area contributed by atoms with Crippen LogP contribution in [0.15, 0.2) is 17.0 Å². The van der Waals surface area contributed by atoms with E-state index < -0.39 is 26.9 Å². The fraction of sp³-hybridized carbons (Fsp3) is 0.650. The Hall–Kier alpha value is -1.40. The second-order valence-electron chi connectivity index (χ2n) is 8.76. The molecule has 0 radical (unpaired) electrons. The maximum atomic E-state index is 12.0. The Balaban J connectivity index is 2.24. The Morgan fingerprint density at radius 2 is 1.88 bits per heavy atom. The highest BCUT2D eigenvalue weighted by atomic mass is 32.2. The van der Waals surface area contributed by atoms with Gasteiger partial charge in [0.15, 0.2) is 0 Å². The van der Waals surface area contributed by atoms with Gasteiger partial charge in [-0.25, -0.2) is 0 Å². The van der Waals surface area contributed by atoms with E-state index in [0.29, 0.717) is 12.0 Å². The first kappa shape index (κ1) is 19.4. The van der Waals surface area contributed by atoms with Crippen molar-refractivity contribution in [1.29, 1.82) is 0 Å². The molecule has 0 aromatic heterocycles. The van der Waals surface area contributed by atoms with Crippen LogP contribution in [0.4, 0.5) is 0 Å². The minimum Gasteiger partial charge on any atom is -0.481 e. The molecule has 1 aromatic carbocycles. The molecule has 0 unspecified atom stereocenters. The molecule has 1 fully saturated rings. The lowest BCUT2D eigenvalue weighted by Crippen LogP contribution is -2.52. The predicted molar refractivity (Wildman–Crippen MR) is 99.1 cm³/mol. The van der Waals surface area contributed by atoms with Gasteiger partial charge in [-0.3, -0.25) is 9.35 Å². The van der Waals surface area contributed by atoms with E-state index in [-0.39, 0.29) is 16.7 Å². The number of fused-ring (bicyclic) bond motifs is 3. The minimum atomic E-state index is -4.34. The van der Waals surface area contributed by atoms with Gasteiger partial charge in [-0.05, 0) is 72.6 Å². The Morgan fingerprint density at radius 1 is 1.23 bits per heavy atom. The summed E-state index contributed by atoms with van der Waals surface area (Å²) in [7, 11) is -4.34. The van der Waals surface area contributed by atoms with Crippen molar-refractivity contribution in [3.05, 3.63) is 28.8 Å². The number of aryl methyl sites for hydroxylation is 1. The molecule has 0 heterocycles. The second kappa shape index (κ2) is 6.06. The summed E-state index contributed by atoms with van der Waals surface area (Å²) in [6, 6.07) is 3.54. The Kier molecular flexibility index (Phi) is 4.51. The van der Waals surface area contributed by atoms with Crippen molar-refractivity contribution in [2.75, 3.05) is 0 Å². The molecule has 3 rings (SSSR count). The average Bonchev–Trinajstić information content (AvgIpc) is 2.52. The van der Waals surface area contributed by atoms with Gasteiger partial charge < -0.3 is 5.11 Å². The van der Waals surface area contributed by atoms with Crippen LogP contribution in [0.5, 0.6) is 0 Å². The normalized spacial score (nSPS) is 31.4. The molecule has 1 saturated carbocycles. The molecule has 144 valence electrons. The Morgan fingerprint density at radius 3 is 2.42 bits per heavy atom. The van der Waals surface area contributed by atoms with Gasteiger partial charge in [0.2, 0.25) is 0 Å². The van der Waals surface area contributed by atoms with Gasteiger partial charge in [0.1, 0.15) is 0 Å². The zero-order valence-electron chi connectivity index (χ0n) is 15.9. The number of carboxylic acids is 1. The second-order valence-corrected chi connectivity index (χ2v) is 10.2. The van der Waals surface area contributed by atoms with Crippen LogP contribution in [0, 0.1) is 11.3 Å². The molecule has 6 heteroatoms. The van der Waals surface area contributed by atoms with Crippen molar-refractivity contribution < 1.29 is 22.9 Å². The number of benzene rings is 1. The van der Waals surface area contributed by atoms with Crippen LogP contribution >= 0.6 is 0 Å². The minimum absolute atomic E-state index is 0.0293. The highest BCUT2D eigenvalue weighted by Crippen LogP contribution is 2.57. The smallest absolute Gasteiger partial charge is 0.309 e. The summed E-state index contributed by atoms with van der Waals surface area (Å²) in [5.74, 6) is -0.850. The van der Waals surface area contributed by atoms with Crippen LogP contribution in [-0.4, -0.2) is 24.0 Å². The van der Waals surface area contributed by atoms with Gasteiger partial charge in [0, 0.05) is 0 Å². The van der Waals surface area contributed by atoms with E-state index in [1.165, 1.54) is 0 Å². The summed E-state index contributed by atoms with van der Waals surface area (Å²) in [4.78, 5) is 12.0. The summed E-state index contributed by atoms with van der Waals surface area (Å²) < 4.78 is 33.8. The predicted octanol–water partition coefficient (Wildman–Crippen LogP) is 4.15. The zero-order chi connectivity index (χ0) is 19.5. The molecular formula is C20H28O5S. The van der Waals surface area contributed by atoms with E-state index in [2.05, 4.69) is 6.92 Å². The SMILES string of the molecule is CC(C)c1cc2c(cc1S(=O)(=O)O)[C@@]1(C)CCC[C@@](C)(C(=O)O)[C@H]1CC2. The fourth-order valence-corrected chi connectivity index (χ4v) is 6.31. The molecule has 2 N–H and O–H groups in total. The van der Waals surface area contributed by atoms with Crippen LogP contribution in [0.25, 0.3) is 0 Å². The van der Waals surface area contributed by atoms with Crippen LogP contribution in [-0.2, 0) is 26.7 Å². The monoisotopic (exact) mass is 380 g/mol. The molecule has 0 saturated heterocycles. The van der Waals surface area contributed by atoms with Gasteiger partial charge in [0.05, 0.1) is 10.3 Å². The lowest BCUT2D eigenvalue weighted by Gasteiger charge is -2.53. The first-order chi connectivity index (χ1) is 11.9. The van der Waals surface area contributed by atoms with Crippen molar-refractivity contribution in [3.8, 4) is 0 Å². The van der Waals surface area contributed by atoms with E-state index in [1.54, 1.807) is 6.07 Å². The van der Waals surface area contributed by atoms with Crippen molar-refractivity contribution in [1.82, 2.24) is 0 Å². The maximum Gasteiger partial charge on any atom is 0.309 e. The van der Waals surface area contributed by atoms with Crippen LogP contribution in [0.1, 0.15) is 76.0 Å². The molecule has 2 aliphatic rings. The van der Waals surface area contributed by atoms with E-state index >= 15 is 0 Å². The number of aliphatic carboxylic acids is 1. The van der Waals surface area contributed by atoms with Crippen molar-refractivity contribution >= 4 is 16.1 Å². The molecule has 0 aliphatic heterocycles. The molecule has 0 spiro atoms. The number of carboxylic acid groups (broad SMARTS) is 1. The molecule has 0 bridgehead atoms. The van der Waals surface area contributed by atoms with Crippen LogP contribution in [0.2, 0.25) is 0 Å². The molecule has 26 heavy (non-hydrogen) atoms. The number of rotatable bonds is 3. The highest BCUT2D eigenvalue weighted by Gasteiger charge is 2.55. The topological polar surface area (TPSA) is 91.7 Å². The van der Waals surface area contributed by atoms with E-state index in [1.807, 2.05) is 26.8 Å². The van der Waals surface area contributed by atoms with Crippen LogP contribution < -0.4 is 0 Å². The van der Waals surface area contributed by atoms with E-state index in [9.17, 15) is 22.9 Å². The summed E-state index contributed by atoms with van der Waals surface area (Å²) >= 11 is 0. The first-order valence-corrected chi connectivity index (χ1v) is 10.7. The van der Waals surface area contributed by atoms with Gasteiger partial charge in [0.25, 0.3) is 10.1 Å². The third kappa shape index (κ3) is 2.78. The average molecular weight is 381 g/mol. The quantitative estimate of drug-likeness (QED) is 0.769. The molecule has 3 atom stereocenters. The van der Waals surface area contributed by atoms with Crippen LogP contribution in [0.3, 0.4) is 0 Å². The Bertz CT molecular complexity index is 857. The fourth-order valence-electron chi connectivity index (χ4n) is 5.45. The number of carbonyl (C=O) groups is 1. The van der Waals surface area contributed by atoms with E-state index in [0.717, 1.165) is 36.8 Å². The third-order valence-electron chi connectivity index (χ3n) is 6.87. The lowest BCUT2D eigenvalue weighted by molar-refractivity contribution is -0.157. The van der Waals surface area contributed by atoms with Crippen molar-refractivity contribution in [2.24, 2.45) is 11.3 Å². The number of hydrogen-bond donors (Lipinski definition) is 2. The molecular weight excluding hydrogens is 352 g/mol. The van der Waals surface area contributed by atoms with E-state index in [4.69, 9.17) is 0 Å². The molecule has 0 amide bonds. The highest BCUT2D eigenvalue weighted by molar-refractivity contribution is 7.85. The summed E-state index contributed by atoms with van der Waals surface area (Å²) in [6.07, 6.45) is 3.80. The molecule has 1 aromatic rings. The number of hydrogen-bond acceptors (Lipinski definition) is 3. The van der Waals surface area contributed by atoms with Gasteiger partial charge in [-0.15, -0.1) is 0 Å². The third-order valence-corrected chi connectivity index (χ3v) is 7.78. The first-order valence-electron chi connectivity index (χ1n) is 9.29. The summed E-state index contributed by atoms with van der Waals surface area (Å²) in [6.45, 7) is 7.71.